The summed E-state index contributed by atoms with van der Waals surface area (Å²) in [7, 11) is 1.63. The second-order valence-electron chi connectivity index (χ2n) is 4.94. The van der Waals surface area contributed by atoms with Crippen molar-refractivity contribution in [2.45, 2.75) is 6.04 Å². The first-order chi connectivity index (χ1) is 9.17. The summed E-state index contributed by atoms with van der Waals surface area (Å²) < 4.78 is 5.25. The monoisotopic (exact) mass is 262 g/mol. The van der Waals surface area contributed by atoms with Crippen molar-refractivity contribution in [3.63, 3.8) is 0 Å². The Labute approximate surface area is 112 Å². The summed E-state index contributed by atoms with van der Waals surface area (Å²) >= 11 is 0. The SMILES string of the molecule is COc1cc(N)cc(N2CCN3C(=O)NCC3C2)c1. The molecule has 3 rings (SSSR count). The van der Waals surface area contributed by atoms with Gasteiger partial charge >= 0.3 is 6.03 Å². The third-order valence-corrected chi connectivity index (χ3v) is 3.75. The number of piperazine rings is 1. The molecular weight excluding hydrogens is 244 g/mol. The van der Waals surface area contributed by atoms with Crippen molar-refractivity contribution in [2.75, 3.05) is 43.9 Å². The number of nitrogens with zero attached hydrogens (tertiary/aromatic N) is 2. The van der Waals surface area contributed by atoms with Crippen molar-refractivity contribution in [1.82, 2.24) is 10.2 Å². The van der Waals surface area contributed by atoms with Gasteiger partial charge in [-0.2, -0.15) is 0 Å². The number of anilines is 2. The van der Waals surface area contributed by atoms with Crippen LogP contribution in [0.1, 0.15) is 0 Å². The second-order valence-corrected chi connectivity index (χ2v) is 4.94. The molecule has 1 aromatic rings. The number of hydrogen-bond donors (Lipinski definition) is 2. The number of urea groups is 1. The number of carbonyl (C=O) groups is 1. The van der Waals surface area contributed by atoms with Gasteiger partial charge in [0.05, 0.1) is 13.2 Å². The summed E-state index contributed by atoms with van der Waals surface area (Å²) in [6.45, 7) is 3.10. The molecule has 0 saturated carbocycles. The molecule has 1 atom stereocenters. The van der Waals surface area contributed by atoms with Gasteiger partial charge in [0.15, 0.2) is 0 Å². The van der Waals surface area contributed by atoms with E-state index in [1.54, 1.807) is 13.2 Å². The molecule has 1 aromatic carbocycles. The minimum Gasteiger partial charge on any atom is -0.497 e. The maximum absolute atomic E-state index is 11.6. The van der Waals surface area contributed by atoms with E-state index in [1.165, 1.54) is 0 Å². The first-order valence-electron chi connectivity index (χ1n) is 6.41. The van der Waals surface area contributed by atoms with Crippen LogP contribution in [-0.2, 0) is 0 Å². The number of carbonyl (C=O) groups excluding carboxylic acids is 1. The van der Waals surface area contributed by atoms with Gasteiger partial charge < -0.3 is 25.6 Å². The van der Waals surface area contributed by atoms with Crippen LogP contribution in [0.2, 0.25) is 0 Å². The van der Waals surface area contributed by atoms with E-state index in [-0.39, 0.29) is 12.1 Å². The molecule has 2 aliphatic rings. The van der Waals surface area contributed by atoms with Gasteiger partial charge in [-0.1, -0.05) is 0 Å². The van der Waals surface area contributed by atoms with Crippen LogP contribution in [0.15, 0.2) is 18.2 Å². The summed E-state index contributed by atoms with van der Waals surface area (Å²) in [5.41, 5.74) is 7.63. The Morgan fingerprint density at radius 2 is 2.21 bits per heavy atom. The maximum atomic E-state index is 11.6. The molecule has 0 bridgehead atoms. The van der Waals surface area contributed by atoms with E-state index in [0.29, 0.717) is 5.69 Å². The summed E-state index contributed by atoms with van der Waals surface area (Å²) in [6, 6.07) is 6.03. The van der Waals surface area contributed by atoms with E-state index in [9.17, 15) is 4.79 Å². The molecule has 2 fully saturated rings. The molecule has 6 heteroatoms. The van der Waals surface area contributed by atoms with Crippen LogP contribution in [0.4, 0.5) is 16.2 Å². The van der Waals surface area contributed by atoms with Gasteiger partial charge in [-0.05, 0) is 6.07 Å². The molecule has 102 valence electrons. The number of nitrogen functional groups attached to an aromatic ring is 1. The molecule has 0 spiro atoms. The highest BCUT2D eigenvalue weighted by Crippen LogP contribution is 2.27. The molecule has 0 radical (unpaired) electrons. The summed E-state index contributed by atoms with van der Waals surface area (Å²) in [4.78, 5) is 15.7. The van der Waals surface area contributed by atoms with E-state index in [0.717, 1.165) is 37.6 Å². The topological polar surface area (TPSA) is 70.8 Å². The van der Waals surface area contributed by atoms with Crippen molar-refractivity contribution < 1.29 is 9.53 Å². The van der Waals surface area contributed by atoms with Crippen LogP contribution in [0, 0.1) is 0 Å². The standard InChI is InChI=1S/C13H18N4O2/c1-19-12-5-9(14)4-10(6-12)16-2-3-17-11(8-16)7-15-13(17)18/h4-6,11H,2-3,7-8,14H2,1H3,(H,15,18). The summed E-state index contributed by atoms with van der Waals surface area (Å²) in [5, 5.41) is 2.88. The molecule has 3 N–H and O–H groups in total. The molecule has 0 aromatic heterocycles. The van der Waals surface area contributed by atoms with Crippen LogP contribution in [0.5, 0.6) is 5.75 Å². The smallest absolute Gasteiger partial charge is 0.317 e. The Morgan fingerprint density at radius 1 is 1.37 bits per heavy atom. The van der Waals surface area contributed by atoms with Crippen molar-refractivity contribution in [3.05, 3.63) is 18.2 Å². The van der Waals surface area contributed by atoms with Gasteiger partial charge in [0.1, 0.15) is 5.75 Å². The van der Waals surface area contributed by atoms with Gasteiger partial charge in [0.2, 0.25) is 0 Å². The maximum Gasteiger partial charge on any atom is 0.317 e. The number of hydrogen-bond acceptors (Lipinski definition) is 4. The number of nitrogens with one attached hydrogen (secondary N) is 1. The van der Waals surface area contributed by atoms with E-state index in [1.807, 2.05) is 17.0 Å². The lowest BCUT2D eigenvalue weighted by atomic mass is 10.1. The number of methoxy groups -OCH3 is 1. The molecule has 2 saturated heterocycles. The number of nitrogens with two attached hydrogens (primary N) is 1. The molecule has 2 heterocycles. The highest BCUT2D eigenvalue weighted by atomic mass is 16.5. The van der Waals surface area contributed by atoms with Gasteiger partial charge in [-0.25, -0.2) is 4.79 Å². The Hall–Kier alpha value is -2.11. The van der Waals surface area contributed by atoms with Crippen LogP contribution in [-0.4, -0.2) is 50.3 Å². The molecule has 2 amide bonds. The van der Waals surface area contributed by atoms with Gasteiger partial charge in [0, 0.05) is 49.7 Å². The third-order valence-electron chi connectivity index (χ3n) is 3.75. The van der Waals surface area contributed by atoms with Crippen molar-refractivity contribution in [2.24, 2.45) is 0 Å². The first kappa shape index (κ1) is 12.0. The summed E-state index contributed by atoms with van der Waals surface area (Å²) in [5.74, 6) is 0.762. The Kier molecular flexibility index (Phi) is 2.85. The number of amides is 2. The Balaban J connectivity index is 1.80. The number of rotatable bonds is 2. The largest absolute Gasteiger partial charge is 0.497 e. The minimum atomic E-state index is 0.0507. The molecule has 2 aliphatic heterocycles. The van der Waals surface area contributed by atoms with Crippen LogP contribution in [0.25, 0.3) is 0 Å². The Morgan fingerprint density at radius 3 is 3.00 bits per heavy atom. The zero-order chi connectivity index (χ0) is 13.4. The van der Waals surface area contributed by atoms with Crippen molar-refractivity contribution in [3.8, 4) is 5.75 Å². The fourth-order valence-electron chi connectivity index (χ4n) is 2.74. The zero-order valence-electron chi connectivity index (χ0n) is 10.9. The fourth-order valence-corrected chi connectivity index (χ4v) is 2.74. The van der Waals surface area contributed by atoms with Gasteiger partial charge in [0.25, 0.3) is 0 Å². The molecular formula is C13H18N4O2. The van der Waals surface area contributed by atoms with Crippen molar-refractivity contribution in [1.29, 1.82) is 0 Å². The van der Waals surface area contributed by atoms with Crippen LogP contribution >= 0.6 is 0 Å². The minimum absolute atomic E-state index is 0.0507. The Bertz CT molecular complexity index is 505. The predicted octanol–water partition coefficient (Wildman–Crippen LogP) is 0.491. The average Bonchev–Trinajstić information content (AvgIpc) is 2.79. The lowest BCUT2D eigenvalue weighted by molar-refractivity contribution is 0.197. The lowest BCUT2D eigenvalue weighted by Gasteiger charge is -2.38. The van der Waals surface area contributed by atoms with Crippen LogP contribution in [0.3, 0.4) is 0 Å². The van der Waals surface area contributed by atoms with E-state index < -0.39 is 0 Å². The molecule has 0 aliphatic carbocycles. The zero-order valence-corrected chi connectivity index (χ0v) is 10.9. The highest BCUT2D eigenvalue weighted by Gasteiger charge is 2.35. The number of ether oxygens (including phenoxy) is 1. The number of benzene rings is 1. The third kappa shape index (κ3) is 2.14. The second kappa shape index (κ2) is 4.53. The molecule has 19 heavy (non-hydrogen) atoms. The molecule has 6 nitrogen and oxygen atoms in total. The van der Waals surface area contributed by atoms with E-state index in [2.05, 4.69) is 10.2 Å². The van der Waals surface area contributed by atoms with E-state index in [4.69, 9.17) is 10.5 Å². The summed E-state index contributed by atoms with van der Waals surface area (Å²) in [6.07, 6.45) is 0. The average molecular weight is 262 g/mol. The quantitative estimate of drug-likeness (QED) is 0.761. The van der Waals surface area contributed by atoms with E-state index >= 15 is 0 Å². The normalized spacial score (nSPS) is 22.2. The van der Waals surface area contributed by atoms with Gasteiger partial charge in [-0.3, -0.25) is 0 Å². The first-order valence-corrected chi connectivity index (χ1v) is 6.41. The van der Waals surface area contributed by atoms with Crippen LogP contribution < -0.4 is 20.7 Å². The predicted molar refractivity (Wildman–Crippen MR) is 73.5 cm³/mol. The molecule has 1 unspecified atom stereocenters. The fraction of sp³-hybridized carbons (Fsp3) is 0.462. The number of fused-ring (bicyclic) bond motifs is 1. The lowest BCUT2D eigenvalue weighted by Crippen LogP contribution is -2.52. The van der Waals surface area contributed by atoms with Crippen molar-refractivity contribution >= 4 is 17.4 Å². The highest BCUT2D eigenvalue weighted by molar-refractivity contribution is 5.77. The van der Waals surface area contributed by atoms with Gasteiger partial charge in [-0.15, -0.1) is 0 Å².